The highest BCUT2D eigenvalue weighted by atomic mass is 19.1. The van der Waals surface area contributed by atoms with Gasteiger partial charge in [0.15, 0.2) is 0 Å². The van der Waals surface area contributed by atoms with Crippen LogP contribution in [-0.4, -0.2) is 43.4 Å². The van der Waals surface area contributed by atoms with Gasteiger partial charge in [-0.3, -0.25) is 9.48 Å². The van der Waals surface area contributed by atoms with Crippen LogP contribution in [0, 0.1) is 11.7 Å². The van der Waals surface area contributed by atoms with Crippen LogP contribution < -0.4 is 0 Å². The molecule has 6 heteroatoms. The largest absolute Gasteiger partial charge is 0.390 e. The number of aliphatic hydroxyl groups is 1. The van der Waals surface area contributed by atoms with Crippen molar-refractivity contribution in [2.75, 3.05) is 0 Å². The van der Waals surface area contributed by atoms with Gasteiger partial charge in [-0.25, -0.2) is 4.39 Å². The smallest absolute Gasteiger partial charge is 0.224 e. The monoisotopic (exact) mass is 425 g/mol. The van der Waals surface area contributed by atoms with Crippen LogP contribution in [0.1, 0.15) is 82.4 Å². The number of hydrogen-bond donors (Lipinski definition) is 1. The van der Waals surface area contributed by atoms with Gasteiger partial charge < -0.3 is 10.0 Å². The fourth-order valence-corrected chi connectivity index (χ4v) is 7.15. The van der Waals surface area contributed by atoms with Crippen molar-refractivity contribution in [1.29, 1.82) is 0 Å². The molecule has 2 saturated heterocycles. The van der Waals surface area contributed by atoms with E-state index in [9.17, 15) is 14.3 Å². The number of hydrogen-bond acceptors (Lipinski definition) is 3. The quantitative estimate of drug-likeness (QED) is 0.800. The predicted octanol–water partition coefficient (Wildman–Crippen LogP) is 4.16. The Morgan fingerprint density at radius 1 is 1.23 bits per heavy atom. The summed E-state index contributed by atoms with van der Waals surface area (Å²) < 4.78 is 16.7. The van der Waals surface area contributed by atoms with E-state index in [0.717, 1.165) is 67.1 Å². The van der Waals surface area contributed by atoms with E-state index in [2.05, 4.69) is 18.7 Å². The van der Waals surface area contributed by atoms with Gasteiger partial charge in [0.1, 0.15) is 5.82 Å². The summed E-state index contributed by atoms with van der Waals surface area (Å²) in [7, 11) is 1.90. The van der Waals surface area contributed by atoms with Gasteiger partial charge in [-0.15, -0.1) is 0 Å². The van der Waals surface area contributed by atoms with E-state index < -0.39 is 11.0 Å². The highest BCUT2D eigenvalue weighted by Crippen LogP contribution is 2.52. The second kappa shape index (κ2) is 6.31. The number of carbonyl (C=O) groups excluding carboxylic acids is 1. The fourth-order valence-electron chi connectivity index (χ4n) is 7.15. The average Bonchev–Trinajstić information content (AvgIpc) is 3.42. The van der Waals surface area contributed by atoms with Crippen LogP contribution in [0.2, 0.25) is 0 Å². The van der Waals surface area contributed by atoms with Crippen LogP contribution in [0.25, 0.3) is 10.9 Å². The number of fused-ring (bicyclic) bond motifs is 1. The first-order chi connectivity index (χ1) is 14.7. The molecule has 2 atom stereocenters. The maximum atomic E-state index is 14.8. The molecule has 1 amide bonds. The lowest BCUT2D eigenvalue weighted by atomic mass is 9.61. The molecule has 4 bridgehead atoms. The number of rotatable bonds is 4. The number of carbonyl (C=O) groups is 1. The maximum Gasteiger partial charge on any atom is 0.224 e. The molecule has 7 rings (SSSR count). The molecule has 0 spiro atoms. The molecule has 1 aromatic heterocycles. The lowest BCUT2D eigenvalue weighted by molar-refractivity contribution is -0.175. The molecule has 31 heavy (non-hydrogen) atoms. The number of nitrogens with zero attached hydrogens (tertiary/aromatic N) is 3. The predicted molar refractivity (Wildman–Crippen MR) is 116 cm³/mol. The van der Waals surface area contributed by atoms with Crippen LogP contribution in [0.5, 0.6) is 0 Å². The molecule has 5 aliphatic rings. The Morgan fingerprint density at radius 2 is 1.90 bits per heavy atom. The Kier molecular flexibility index (Phi) is 4.01. The molecule has 166 valence electrons. The molecule has 3 aliphatic carbocycles. The third-order valence-electron chi connectivity index (χ3n) is 8.41. The summed E-state index contributed by atoms with van der Waals surface area (Å²) in [5.41, 5.74) is 1.51. The zero-order chi connectivity index (χ0) is 21.7. The highest BCUT2D eigenvalue weighted by Gasteiger charge is 2.55. The van der Waals surface area contributed by atoms with Crippen LogP contribution in [0.15, 0.2) is 12.1 Å². The van der Waals surface area contributed by atoms with Crippen LogP contribution >= 0.6 is 0 Å². The normalized spacial score (nSPS) is 32.3. The van der Waals surface area contributed by atoms with Crippen LogP contribution in [0.4, 0.5) is 4.39 Å². The van der Waals surface area contributed by atoms with Gasteiger partial charge in [0.2, 0.25) is 5.91 Å². The molecule has 0 radical (unpaired) electrons. The maximum absolute atomic E-state index is 14.8. The summed E-state index contributed by atoms with van der Waals surface area (Å²) >= 11 is 0. The van der Waals surface area contributed by atoms with Crippen molar-refractivity contribution in [2.24, 2.45) is 13.0 Å². The van der Waals surface area contributed by atoms with Crippen LogP contribution in [0.3, 0.4) is 0 Å². The summed E-state index contributed by atoms with van der Waals surface area (Å²) in [6.45, 7) is 4.14. The number of benzene rings is 1. The minimum atomic E-state index is -0.559. The molecule has 3 heterocycles. The first-order valence-electron chi connectivity index (χ1n) is 11.8. The van der Waals surface area contributed by atoms with Gasteiger partial charge in [0.25, 0.3) is 0 Å². The summed E-state index contributed by atoms with van der Waals surface area (Å²) in [5, 5.41) is 16.6. The second-order valence-corrected chi connectivity index (χ2v) is 11.4. The zero-order valence-electron chi connectivity index (χ0n) is 18.7. The van der Waals surface area contributed by atoms with Gasteiger partial charge in [-0.1, -0.05) is 13.8 Å². The van der Waals surface area contributed by atoms with E-state index >= 15 is 0 Å². The minimum Gasteiger partial charge on any atom is -0.390 e. The SMILES string of the molecule is Cn1nc(C(C)(C)CC(=O)N2C3CC4CC2CC(O)(C4)C3)c2c(C3CC3)c(F)ccc21. The molecular formula is C25H32FN3O2. The standard InChI is InChI=1S/C25H32FN3O2/c1-24(2,13-20(30)29-16-8-14-9-17(29)12-25(31,10-14)11-16)23-22-19(28(3)27-23)7-6-18(26)21(22)15-4-5-15/h6-7,14-17,31H,4-5,8-13H2,1-3H3. The molecular weight excluding hydrogens is 393 g/mol. The summed E-state index contributed by atoms with van der Waals surface area (Å²) in [6, 6.07) is 3.70. The Labute approximate surface area is 182 Å². The van der Waals surface area contributed by atoms with Crippen molar-refractivity contribution >= 4 is 16.8 Å². The Hall–Kier alpha value is -1.95. The molecule has 1 N–H and O–H groups in total. The van der Waals surface area contributed by atoms with Gasteiger partial charge in [0, 0.05) is 41.9 Å². The first-order valence-corrected chi connectivity index (χ1v) is 11.8. The Balaban J connectivity index is 1.34. The van der Waals surface area contributed by atoms with Gasteiger partial charge in [-0.05, 0) is 68.9 Å². The number of aromatic nitrogens is 2. The number of halogens is 1. The van der Waals surface area contributed by atoms with Crippen molar-refractivity contribution in [3.05, 3.63) is 29.2 Å². The van der Waals surface area contributed by atoms with Crippen molar-refractivity contribution in [3.8, 4) is 0 Å². The number of aryl methyl sites for hydroxylation is 1. The van der Waals surface area contributed by atoms with Crippen LogP contribution in [-0.2, 0) is 17.3 Å². The number of amides is 1. The summed E-state index contributed by atoms with van der Waals surface area (Å²) in [5.74, 6) is 0.838. The lowest BCUT2D eigenvalue weighted by Gasteiger charge is -2.60. The van der Waals surface area contributed by atoms with E-state index in [1.807, 2.05) is 17.8 Å². The van der Waals surface area contributed by atoms with Gasteiger partial charge in [0.05, 0.1) is 16.8 Å². The zero-order valence-corrected chi connectivity index (χ0v) is 18.7. The third-order valence-corrected chi connectivity index (χ3v) is 8.41. The summed E-state index contributed by atoms with van der Waals surface area (Å²) in [4.78, 5) is 15.7. The van der Waals surface area contributed by atoms with Crippen molar-refractivity contribution in [1.82, 2.24) is 14.7 Å². The molecule has 2 unspecified atom stereocenters. The van der Waals surface area contributed by atoms with E-state index in [4.69, 9.17) is 5.10 Å². The van der Waals surface area contributed by atoms with Gasteiger partial charge >= 0.3 is 0 Å². The van der Waals surface area contributed by atoms with Crippen molar-refractivity contribution in [2.45, 2.75) is 94.2 Å². The lowest BCUT2D eigenvalue weighted by Crippen LogP contribution is -2.66. The molecule has 5 nitrogen and oxygen atoms in total. The first kappa shape index (κ1) is 19.7. The molecule has 1 aromatic carbocycles. The topological polar surface area (TPSA) is 58.4 Å². The summed E-state index contributed by atoms with van der Waals surface area (Å²) in [6.07, 6.45) is 6.78. The van der Waals surface area contributed by atoms with E-state index in [0.29, 0.717) is 12.3 Å². The van der Waals surface area contributed by atoms with Gasteiger partial charge in [-0.2, -0.15) is 5.10 Å². The van der Waals surface area contributed by atoms with Crippen molar-refractivity contribution in [3.63, 3.8) is 0 Å². The molecule has 2 aromatic rings. The average molecular weight is 426 g/mol. The number of piperidine rings is 2. The Bertz CT molecular complexity index is 1070. The highest BCUT2D eigenvalue weighted by molar-refractivity contribution is 5.89. The van der Waals surface area contributed by atoms with E-state index in [1.165, 1.54) is 0 Å². The Morgan fingerprint density at radius 3 is 2.52 bits per heavy atom. The van der Waals surface area contributed by atoms with E-state index in [1.54, 1.807) is 6.07 Å². The van der Waals surface area contributed by atoms with Crippen molar-refractivity contribution < 1.29 is 14.3 Å². The molecule has 3 saturated carbocycles. The molecule has 2 aliphatic heterocycles. The van der Waals surface area contributed by atoms with E-state index in [-0.39, 0.29) is 29.7 Å². The molecule has 5 fully saturated rings. The fraction of sp³-hybridized carbons (Fsp3) is 0.680. The minimum absolute atomic E-state index is 0.149. The second-order valence-electron chi connectivity index (χ2n) is 11.4. The third kappa shape index (κ3) is 2.97.